The number of rotatable bonds is 3. The highest BCUT2D eigenvalue weighted by atomic mass is 79.9. The molecule has 19 heavy (non-hydrogen) atoms. The molecule has 0 bridgehead atoms. The molecule has 2 N–H and O–H groups in total. The van der Waals surface area contributed by atoms with E-state index in [1.807, 2.05) is 0 Å². The third-order valence-electron chi connectivity index (χ3n) is 2.33. The Kier molecular flexibility index (Phi) is 4.01. The molecule has 0 radical (unpaired) electrons. The normalized spacial score (nSPS) is 10.0. The fraction of sp³-hybridized carbons (Fsp3) is 0.0769. The Labute approximate surface area is 118 Å². The largest absolute Gasteiger partial charge is 0.465 e. The van der Waals surface area contributed by atoms with Crippen LogP contribution >= 0.6 is 15.9 Å². The smallest absolute Gasteiger partial charge is 0.338 e. The molecule has 6 heteroatoms. The summed E-state index contributed by atoms with van der Waals surface area (Å²) in [6, 6.07) is 8.23. The maximum Gasteiger partial charge on any atom is 0.338 e. The van der Waals surface area contributed by atoms with E-state index in [4.69, 9.17) is 10.5 Å². The first-order valence-corrected chi connectivity index (χ1v) is 6.16. The van der Waals surface area contributed by atoms with Gasteiger partial charge in [-0.3, -0.25) is 0 Å². The molecule has 0 saturated carbocycles. The van der Waals surface area contributed by atoms with Gasteiger partial charge in [-0.1, -0.05) is 0 Å². The number of hydrogen-bond acceptors (Lipinski definition) is 5. The summed E-state index contributed by atoms with van der Waals surface area (Å²) in [5, 5.41) is 0. The standard InChI is InChI=1S/C13H11BrN2O3/c1-18-13(17)8-4-5-16-12(6-8)19-11-7-9(15)2-3-10(11)14/h2-7H,15H2,1H3. The molecule has 1 heterocycles. The molecule has 5 nitrogen and oxygen atoms in total. The molecule has 0 amide bonds. The first-order chi connectivity index (χ1) is 9.10. The Morgan fingerprint density at radius 3 is 2.84 bits per heavy atom. The van der Waals surface area contributed by atoms with Crippen LogP contribution in [-0.2, 0) is 4.74 Å². The van der Waals surface area contributed by atoms with Crippen molar-refractivity contribution in [1.82, 2.24) is 4.98 Å². The minimum Gasteiger partial charge on any atom is -0.465 e. The number of nitrogens with zero attached hydrogens (tertiary/aromatic N) is 1. The van der Waals surface area contributed by atoms with E-state index >= 15 is 0 Å². The van der Waals surface area contributed by atoms with Crippen LogP contribution in [0, 0.1) is 0 Å². The predicted molar refractivity (Wildman–Crippen MR) is 74.2 cm³/mol. The summed E-state index contributed by atoms with van der Waals surface area (Å²) in [4.78, 5) is 15.4. The van der Waals surface area contributed by atoms with E-state index in [9.17, 15) is 4.79 Å². The number of esters is 1. The van der Waals surface area contributed by atoms with Crippen molar-refractivity contribution in [3.63, 3.8) is 0 Å². The SMILES string of the molecule is COC(=O)c1ccnc(Oc2cc(N)ccc2Br)c1. The molecule has 2 aromatic rings. The zero-order valence-corrected chi connectivity index (χ0v) is 11.7. The summed E-state index contributed by atoms with van der Waals surface area (Å²) < 4.78 is 11.0. The van der Waals surface area contributed by atoms with Gasteiger partial charge < -0.3 is 15.2 Å². The molecule has 0 aliphatic carbocycles. The minimum absolute atomic E-state index is 0.286. The van der Waals surface area contributed by atoms with Crippen LogP contribution in [0.15, 0.2) is 41.0 Å². The van der Waals surface area contributed by atoms with Crippen molar-refractivity contribution < 1.29 is 14.3 Å². The van der Waals surface area contributed by atoms with Crippen molar-refractivity contribution in [2.24, 2.45) is 0 Å². The van der Waals surface area contributed by atoms with Crippen molar-refractivity contribution in [3.8, 4) is 11.6 Å². The zero-order chi connectivity index (χ0) is 13.8. The number of aromatic nitrogens is 1. The first kappa shape index (κ1) is 13.4. The van der Waals surface area contributed by atoms with Gasteiger partial charge in [0.05, 0.1) is 17.1 Å². The fourth-order valence-electron chi connectivity index (χ4n) is 1.42. The number of carbonyl (C=O) groups is 1. The zero-order valence-electron chi connectivity index (χ0n) is 10.1. The van der Waals surface area contributed by atoms with Crippen LogP contribution in [-0.4, -0.2) is 18.1 Å². The second-order valence-corrected chi connectivity index (χ2v) is 4.52. The van der Waals surface area contributed by atoms with Gasteiger partial charge in [0.25, 0.3) is 0 Å². The van der Waals surface area contributed by atoms with Gasteiger partial charge in [-0.05, 0) is 34.1 Å². The molecule has 0 fully saturated rings. The summed E-state index contributed by atoms with van der Waals surface area (Å²) in [7, 11) is 1.32. The molecule has 2 rings (SSSR count). The van der Waals surface area contributed by atoms with Crippen molar-refractivity contribution in [2.75, 3.05) is 12.8 Å². The van der Waals surface area contributed by atoms with Gasteiger partial charge in [-0.25, -0.2) is 9.78 Å². The maximum atomic E-state index is 11.4. The monoisotopic (exact) mass is 322 g/mol. The molecule has 0 saturated heterocycles. The average Bonchev–Trinajstić information content (AvgIpc) is 2.42. The molecule has 0 unspecified atom stereocenters. The number of nitrogens with two attached hydrogens (primary N) is 1. The summed E-state index contributed by atoms with van der Waals surface area (Å²) >= 11 is 3.35. The van der Waals surface area contributed by atoms with Gasteiger partial charge in [0.1, 0.15) is 5.75 Å². The van der Waals surface area contributed by atoms with Crippen LogP contribution in [0.4, 0.5) is 5.69 Å². The van der Waals surface area contributed by atoms with Gasteiger partial charge in [0.15, 0.2) is 0 Å². The van der Waals surface area contributed by atoms with Gasteiger partial charge in [-0.2, -0.15) is 0 Å². The number of halogens is 1. The van der Waals surface area contributed by atoms with E-state index in [0.717, 1.165) is 4.47 Å². The molecule has 0 atom stereocenters. The Morgan fingerprint density at radius 2 is 2.11 bits per heavy atom. The lowest BCUT2D eigenvalue weighted by atomic mass is 10.2. The lowest BCUT2D eigenvalue weighted by Crippen LogP contribution is -2.02. The molecule has 0 aliphatic heterocycles. The van der Waals surface area contributed by atoms with E-state index in [2.05, 4.69) is 25.7 Å². The summed E-state index contributed by atoms with van der Waals surface area (Å²) in [6.07, 6.45) is 1.47. The Hall–Kier alpha value is -2.08. The average molecular weight is 323 g/mol. The predicted octanol–water partition coefficient (Wildman–Crippen LogP) is 3.01. The molecule has 0 spiro atoms. The number of carbonyl (C=O) groups excluding carboxylic acids is 1. The first-order valence-electron chi connectivity index (χ1n) is 5.37. The van der Waals surface area contributed by atoms with Crippen LogP contribution in [0.25, 0.3) is 0 Å². The fourth-order valence-corrected chi connectivity index (χ4v) is 1.75. The van der Waals surface area contributed by atoms with Crippen molar-refractivity contribution in [2.45, 2.75) is 0 Å². The van der Waals surface area contributed by atoms with E-state index < -0.39 is 5.97 Å². The topological polar surface area (TPSA) is 74.4 Å². The van der Waals surface area contributed by atoms with E-state index in [1.165, 1.54) is 19.4 Å². The van der Waals surface area contributed by atoms with Crippen LogP contribution in [0.3, 0.4) is 0 Å². The highest BCUT2D eigenvalue weighted by Crippen LogP contribution is 2.30. The van der Waals surface area contributed by atoms with Crippen molar-refractivity contribution >= 4 is 27.6 Å². The lowest BCUT2D eigenvalue weighted by Gasteiger charge is -2.08. The Bertz CT molecular complexity index is 617. The second-order valence-electron chi connectivity index (χ2n) is 3.67. The van der Waals surface area contributed by atoms with E-state index in [0.29, 0.717) is 17.0 Å². The quantitative estimate of drug-likeness (QED) is 0.694. The summed E-state index contributed by atoms with van der Waals surface area (Å²) in [6.45, 7) is 0. The molecule has 1 aromatic carbocycles. The number of benzene rings is 1. The highest BCUT2D eigenvalue weighted by Gasteiger charge is 2.09. The molecular formula is C13H11BrN2O3. The van der Waals surface area contributed by atoms with Crippen LogP contribution in [0.2, 0.25) is 0 Å². The minimum atomic E-state index is -0.445. The maximum absolute atomic E-state index is 11.4. The van der Waals surface area contributed by atoms with Gasteiger partial charge in [-0.15, -0.1) is 0 Å². The van der Waals surface area contributed by atoms with Gasteiger partial charge in [0, 0.05) is 24.0 Å². The third kappa shape index (κ3) is 3.23. The number of nitrogen functional groups attached to an aromatic ring is 1. The van der Waals surface area contributed by atoms with E-state index in [1.54, 1.807) is 24.3 Å². The van der Waals surface area contributed by atoms with E-state index in [-0.39, 0.29) is 5.88 Å². The number of ether oxygens (including phenoxy) is 2. The highest BCUT2D eigenvalue weighted by molar-refractivity contribution is 9.10. The molecular weight excluding hydrogens is 312 g/mol. The van der Waals surface area contributed by atoms with Crippen LogP contribution in [0.1, 0.15) is 10.4 Å². The van der Waals surface area contributed by atoms with Crippen LogP contribution < -0.4 is 10.5 Å². The second kappa shape index (κ2) is 5.71. The molecule has 98 valence electrons. The van der Waals surface area contributed by atoms with Crippen LogP contribution in [0.5, 0.6) is 11.6 Å². The molecule has 0 aliphatic rings. The number of methoxy groups -OCH3 is 1. The summed E-state index contributed by atoms with van der Waals surface area (Å²) in [5.74, 6) is 0.364. The van der Waals surface area contributed by atoms with Gasteiger partial charge >= 0.3 is 5.97 Å². The van der Waals surface area contributed by atoms with Crippen molar-refractivity contribution in [3.05, 3.63) is 46.6 Å². The number of pyridine rings is 1. The lowest BCUT2D eigenvalue weighted by molar-refractivity contribution is 0.0600. The Morgan fingerprint density at radius 1 is 1.32 bits per heavy atom. The third-order valence-corrected chi connectivity index (χ3v) is 2.98. The van der Waals surface area contributed by atoms with Gasteiger partial charge in [0.2, 0.25) is 5.88 Å². The van der Waals surface area contributed by atoms with Crippen molar-refractivity contribution in [1.29, 1.82) is 0 Å². The Balaban J connectivity index is 2.28. The summed E-state index contributed by atoms with van der Waals surface area (Å²) in [5.41, 5.74) is 6.63. The number of anilines is 1. The number of hydrogen-bond donors (Lipinski definition) is 1. The molecule has 1 aromatic heterocycles.